The SMILES string of the molecule is C[C@H](O)CN(CCC(F)(F)F)C(=O)[C@@H]1CCC2=C1[C@@H](C)c1cnn(-c3ccc(F)cc3)c1C2. The number of benzene rings is 1. The lowest BCUT2D eigenvalue weighted by molar-refractivity contribution is -0.148. The van der Waals surface area contributed by atoms with Crippen LogP contribution in [-0.2, 0) is 11.2 Å². The maximum Gasteiger partial charge on any atom is 0.390 e. The van der Waals surface area contributed by atoms with E-state index in [0.29, 0.717) is 19.3 Å². The number of aliphatic hydroxyl groups excluding tert-OH is 1. The highest BCUT2D eigenvalue weighted by atomic mass is 19.4. The Hall–Kier alpha value is -2.68. The van der Waals surface area contributed by atoms with Crippen LogP contribution in [0, 0.1) is 11.7 Å². The smallest absolute Gasteiger partial charge is 0.390 e. The molecule has 3 atom stereocenters. The highest BCUT2D eigenvalue weighted by Gasteiger charge is 2.41. The number of carbonyl (C=O) groups excluding carboxylic acids is 1. The summed E-state index contributed by atoms with van der Waals surface area (Å²) < 4.78 is 53.6. The van der Waals surface area contributed by atoms with Crippen LogP contribution in [0.4, 0.5) is 17.6 Å². The van der Waals surface area contributed by atoms with Gasteiger partial charge in [-0.15, -0.1) is 0 Å². The second kappa shape index (κ2) is 8.93. The number of halogens is 4. The number of amides is 1. The number of allylic oxidation sites excluding steroid dienone is 1. The van der Waals surface area contributed by atoms with Crippen LogP contribution in [0.15, 0.2) is 41.6 Å². The molecule has 33 heavy (non-hydrogen) atoms. The third kappa shape index (κ3) is 4.83. The fraction of sp³-hybridized carbons (Fsp3) is 0.500. The molecule has 0 unspecified atom stereocenters. The quantitative estimate of drug-likeness (QED) is 0.504. The third-order valence-corrected chi connectivity index (χ3v) is 6.56. The van der Waals surface area contributed by atoms with Gasteiger partial charge in [0, 0.05) is 31.0 Å². The molecule has 2 aliphatic rings. The number of hydrogen-bond acceptors (Lipinski definition) is 3. The van der Waals surface area contributed by atoms with Crippen molar-refractivity contribution in [2.24, 2.45) is 5.92 Å². The summed E-state index contributed by atoms with van der Waals surface area (Å²) in [7, 11) is 0. The zero-order valence-electron chi connectivity index (χ0n) is 18.6. The van der Waals surface area contributed by atoms with E-state index < -0.39 is 31.2 Å². The molecule has 1 N–H and O–H groups in total. The summed E-state index contributed by atoms with van der Waals surface area (Å²) in [5, 5.41) is 14.3. The molecule has 9 heteroatoms. The van der Waals surface area contributed by atoms with Crippen molar-refractivity contribution < 1.29 is 27.5 Å². The predicted octanol–water partition coefficient (Wildman–Crippen LogP) is 4.54. The monoisotopic (exact) mass is 465 g/mol. The van der Waals surface area contributed by atoms with Gasteiger partial charge in [0.15, 0.2) is 0 Å². The lowest BCUT2D eigenvalue weighted by Gasteiger charge is -2.31. The van der Waals surface area contributed by atoms with Gasteiger partial charge < -0.3 is 10.0 Å². The van der Waals surface area contributed by atoms with E-state index in [9.17, 15) is 27.5 Å². The van der Waals surface area contributed by atoms with E-state index in [1.165, 1.54) is 19.1 Å². The van der Waals surface area contributed by atoms with E-state index in [4.69, 9.17) is 0 Å². The topological polar surface area (TPSA) is 58.4 Å². The van der Waals surface area contributed by atoms with Gasteiger partial charge in [0.05, 0.1) is 36.0 Å². The third-order valence-electron chi connectivity index (χ3n) is 6.56. The molecule has 0 fully saturated rings. The molecule has 0 spiro atoms. The van der Waals surface area contributed by atoms with Gasteiger partial charge in [0.2, 0.25) is 5.91 Å². The predicted molar refractivity (Wildman–Crippen MR) is 114 cm³/mol. The molecule has 5 nitrogen and oxygen atoms in total. The van der Waals surface area contributed by atoms with Gasteiger partial charge in [-0.2, -0.15) is 18.3 Å². The normalized spacial score (nSPS) is 21.1. The van der Waals surface area contributed by atoms with E-state index in [0.717, 1.165) is 33.0 Å². The van der Waals surface area contributed by atoms with Crippen LogP contribution in [0.1, 0.15) is 50.3 Å². The average molecular weight is 465 g/mol. The van der Waals surface area contributed by atoms with Crippen molar-refractivity contribution in [3.8, 4) is 5.69 Å². The zero-order valence-corrected chi connectivity index (χ0v) is 18.6. The van der Waals surface area contributed by atoms with Crippen molar-refractivity contribution in [1.29, 1.82) is 0 Å². The molecule has 0 saturated carbocycles. The Morgan fingerprint density at radius 1 is 1.30 bits per heavy atom. The molecule has 178 valence electrons. The zero-order chi connectivity index (χ0) is 23.9. The summed E-state index contributed by atoms with van der Waals surface area (Å²) in [4.78, 5) is 14.5. The number of hydrogen-bond donors (Lipinski definition) is 1. The molecule has 0 saturated heterocycles. The Morgan fingerprint density at radius 3 is 2.64 bits per heavy atom. The van der Waals surface area contributed by atoms with Crippen LogP contribution in [0.25, 0.3) is 5.69 Å². The molecule has 1 amide bonds. The fourth-order valence-corrected chi connectivity index (χ4v) is 5.11. The van der Waals surface area contributed by atoms with Crippen LogP contribution in [0.2, 0.25) is 0 Å². The average Bonchev–Trinajstić information content (AvgIpc) is 3.35. The van der Waals surface area contributed by atoms with Crippen molar-refractivity contribution in [3.63, 3.8) is 0 Å². The molecular formula is C24H27F4N3O2. The van der Waals surface area contributed by atoms with Crippen molar-refractivity contribution in [3.05, 3.63) is 58.7 Å². The Kier molecular flexibility index (Phi) is 6.35. The first kappa shape index (κ1) is 23.5. The maximum absolute atomic E-state index is 13.3. The van der Waals surface area contributed by atoms with E-state index in [1.807, 2.05) is 6.92 Å². The molecule has 4 rings (SSSR count). The first-order valence-electron chi connectivity index (χ1n) is 11.1. The van der Waals surface area contributed by atoms with Gasteiger partial charge in [0.25, 0.3) is 0 Å². The number of alkyl halides is 3. The van der Waals surface area contributed by atoms with Gasteiger partial charge in [-0.3, -0.25) is 4.79 Å². The van der Waals surface area contributed by atoms with Crippen molar-refractivity contribution in [2.45, 2.75) is 57.7 Å². The van der Waals surface area contributed by atoms with Crippen LogP contribution in [0.5, 0.6) is 0 Å². The first-order valence-corrected chi connectivity index (χ1v) is 11.1. The van der Waals surface area contributed by atoms with Crippen LogP contribution >= 0.6 is 0 Å². The fourth-order valence-electron chi connectivity index (χ4n) is 5.11. The minimum absolute atomic E-state index is 0.106. The Morgan fingerprint density at radius 2 is 2.00 bits per heavy atom. The standard InChI is InChI=1S/C24H27F4N3O2/c1-14(32)13-30(10-9-24(26,27)28)23(33)19-8-3-16-11-21-20(15(2)22(16)19)12-29-31(21)18-6-4-17(25)5-7-18/h4-7,12,14-15,19,32H,3,8-11,13H2,1-2H3/t14-,15-,19+/m0/s1. The lowest BCUT2D eigenvalue weighted by atomic mass is 9.79. The molecule has 2 aliphatic carbocycles. The number of fused-ring (bicyclic) bond motifs is 1. The van der Waals surface area contributed by atoms with Crippen molar-refractivity contribution in [1.82, 2.24) is 14.7 Å². The molecule has 2 aromatic rings. The summed E-state index contributed by atoms with van der Waals surface area (Å²) in [6, 6.07) is 6.07. The molecule has 1 aromatic carbocycles. The molecule has 1 aromatic heterocycles. The Labute approximate surface area is 189 Å². The largest absolute Gasteiger partial charge is 0.392 e. The molecule has 0 bridgehead atoms. The van der Waals surface area contributed by atoms with E-state index in [2.05, 4.69) is 5.10 Å². The molecule has 1 heterocycles. The number of carbonyl (C=O) groups is 1. The summed E-state index contributed by atoms with van der Waals surface area (Å²) in [5.41, 5.74) is 4.78. The minimum Gasteiger partial charge on any atom is -0.392 e. The van der Waals surface area contributed by atoms with Gasteiger partial charge in [0.1, 0.15) is 5.82 Å². The summed E-state index contributed by atoms with van der Waals surface area (Å²) >= 11 is 0. The van der Waals surface area contributed by atoms with Crippen molar-refractivity contribution >= 4 is 5.91 Å². The van der Waals surface area contributed by atoms with Gasteiger partial charge >= 0.3 is 6.18 Å². The molecule has 0 aliphatic heterocycles. The summed E-state index contributed by atoms with van der Waals surface area (Å²) in [6.07, 6.45) is -2.82. The first-order chi connectivity index (χ1) is 15.5. The minimum atomic E-state index is -4.38. The number of nitrogens with zero attached hydrogens (tertiary/aromatic N) is 3. The second-order valence-electron chi connectivity index (χ2n) is 8.98. The number of rotatable bonds is 6. The highest BCUT2D eigenvalue weighted by Crippen LogP contribution is 2.47. The van der Waals surface area contributed by atoms with E-state index in [1.54, 1.807) is 23.0 Å². The van der Waals surface area contributed by atoms with Gasteiger partial charge in [-0.05, 0) is 44.0 Å². The van der Waals surface area contributed by atoms with Gasteiger partial charge in [-0.1, -0.05) is 18.1 Å². The van der Waals surface area contributed by atoms with Gasteiger partial charge in [-0.25, -0.2) is 9.07 Å². The number of aromatic nitrogens is 2. The van der Waals surface area contributed by atoms with Crippen molar-refractivity contribution in [2.75, 3.05) is 13.1 Å². The van der Waals surface area contributed by atoms with Crippen LogP contribution in [0.3, 0.4) is 0 Å². The Bertz CT molecular complexity index is 1060. The highest BCUT2D eigenvalue weighted by molar-refractivity contribution is 5.83. The second-order valence-corrected chi connectivity index (χ2v) is 8.98. The number of aliphatic hydroxyl groups is 1. The van der Waals surface area contributed by atoms with Crippen LogP contribution in [-0.4, -0.2) is 51.1 Å². The van der Waals surface area contributed by atoms with E-state index >= 15 is 0 Å². The molecule has 0 radical (unpaired) electrons. The summed E-state index contributed by atoms with van der Waals surface area (Å²) in [6.45, 7) is 2.86. The molecular weight excluding hydrogens is 438 g/mol. The lowest BCUT2D eigenvalue weighted by Crippen LogP contribution is -2.42. The Balaban J connectivity index is 1.59. The van der Waals surface area contributed by atoms with E-state index in [-0.39, 0.29) is 24.2 Å². The summed E-state index contributed by atoms with van der Waals surface area (Å²) in [5.74, 6) is -1.29. The maximum atomic E-state index is 13.3. The van der Waals surface area contributed by atoms with Crippen LogP contribution < -0.4 is 0 Å².